The van der Waals surface area contributed by atoms with Gasteiger partial charge in [-0.1, -0.05) is 43.0 Å². The minimum Gasteiger partial charge on any atom is -0.463 e. The van der Waals surface area contributed by atoms with E-state index in [1.807, 2.05) is 36.4 Å². The van der Waals surface area contributed by atoms with Crippen molar-refractivity contribution in [2.45, 2.75) is 13.8 Å². The summed E-state index contributed by atoms with van der Waals surface area (Å²) >= 11 is 0. The van der Waals surface area contributed by atoms with Crippen molar-refractivity contribution in [2.24, 2.45) is 0 Å². The van der Waals surface area contributed by atoms with Crippen LogP contribution in [0.25, 0.3) is 17.2 Å². The van der Waals surface area contributed by atoms with Gasteiger partial charge in [-0.05, 0) is 48.7 Å². The molecule has 128 valence electrons. The van der Waals surface area contributed by atoms with Crippen LogP contribution in [-0.2, 0) is 14.3 Å². The van der Waals surface area contributed by atoms with E-state index in [2.05, 4.69) is 6.58 Å². The molecule has 0 aliphatic carbocycles. The molecule has 0 aliphatic heterocycles. The Hall–Kier alpha value is -3.14. The summed E-state index contributed by atoms with van der Waals surface area (Å²) in [5.74, 6) is -0.317. The predicted octanol–water partition coefficient (Wildman–Crippen LogP) is 4.41. The number of esters is 2. The molecule has 0 heterocycles. The van der Waals surface area contributed by atoms with Gasteiger partial charge in [-0.2, -0.15) is 0 Å². The molecule has 0 fully saturated rings. The monoisotopic (exact) mass is 336 g/mol. The van der Waals surface area contributed by atoms with E-state index in [9.17, 15) is 9.59 Å². The molecular weight excluding hydrogens is 316 g/mol. The Balaban J connectivity index is 2.05. The van der Waals surface area contributed by atoms with Gasteiger partial charge in [0.15, 0.2) is 0 Å². The molecule has 4 heteroatoms. The van der Waals surface area contributed by atoms with Gasteiger partial charge in [0.05, 0.1) is 6.61 Å². The zero-order valence-electron chi connectivity index (χ0n) is 14.3. The number of benzene rings is 2. The molecule has 0 N–H and O–H groups in total. The average molecular weight is 336 g/mol. The van der Waals surface area contributed by atoms with Crippen LogP contribution in [0, 0.1) is 0 Å². The Morgan fingerprint density at radius 2 is 1.56 bits per heavy atom. The summed E-state index contributed by atoms with van der Waals surface area (Å²) in [7, 11) is 0. The fourth-order valence-electron chi connectivity index (χ4n) is 2.05. The van der Waals surface area contributed by atoms with Crippen LogP contribution in [0.4, 0.5) is 0 Å². The number of carbonyl (C=O) groups excluding carboxylic acids is 2. The van der Waals surface area contributed by atoms with Crippen molar-refractivity contribution in [3.63, 3.8) is 0 Å². The summed E-state index contributed by atoms with van der Waals surface area (Å²) < 4.78 is 10.0. The lowest BCUT2D eigenvalue weighted by molar-refractivity contribution is -0.137. The molecule has 0 spiro atoms. The van der Waals surface area contributed by atoms with E-state index >= 15 is 0 Å². The van der Waals surface area contributed by atoms with Gasteiger partial charge in [0.1, 0.15) is 5.75 Å². The molecule has 0 saturated heterocycles. The topological polar surface area (TPSA) is 52.6 Å². The first kappa shape index (κ1) is 18.2. The van der Waals surface area contributed by atoms with E-state index in [1.54, 1.807) is 32.1 Å². The Kier molecular flexibility index (Phi) is 6.29. The van der Waals surface area contributed by atoms with Crippen LogP contribution >= 0.6 is 0 Å². The highest BCUT2D eigenvalue weighted by Gasteiger charge is 2.05. The van der Waals surface area contributed by atoms with Crippen LogP contribution in [0.1, 0.15) is 19.4 Å². The van der Waals surface area contributed by atoms with Crippen LogP contribution in [0.2, 0.25) is 0 Å². The van der Waals surface area contributed by atoms with E-state index in [0.717, 1.165) is 16.7 Å². The molecule has 4 nitrogen and oxygen atoms in total. The Labute approximate surface area is 147 Å². The SMILES string of the molecule is C=C(C)C(=O)Oc1ccc(-c2ccc(/C=C/C(=O)OCC)cc2)cc1. The summed E-state index contributed by atoms with van der Waals surface area (Å²) in [6, 6.07) is 15.0. The molecule has 0 bridgehead atoms. The summed E-state index contributed by atoms with van der Waals surface area (Å²) in [6.07, 6.45) is 3.12. The van der Waals surface area contributed by atoms with Gasteiger partial charge in [-0.3, -0.25) is 0 Å². The number of carbonyl (C=O) groups is 2. The molecule has 0 atom stereocenters. The minimum atomic E-state index is -0.439. The largest absolute Gasteiger partial charge is 0.463 e. The van der Waals surface area contributed by atoms with Crippen molar-refractivity contribution in [1.82, 2.24) is 0 Å². The van der Waals surface area contributed by atoms with Crippen LogP contribution in [0.5, 0.6) is 5.75 Å². The summed E-state index contributed by atoms with van der Waals surface area (Å²) in [5, 5.41) is 0. The predicted molar refractivity (Wildman–Crippen MR) is 98.0 cm³/mol. The van der Waals surface area contributed by atoms with Gasteiger partial charge in [0, 0.05) is 11.6 Å². The van der Waals surface area contributed by atoms with Crippen molar-refractivity contribution in [2.75, 3.05) is 6.61 Å². The van der Waals surface area contributed by atoms with Gasteiger partial charge in [-0.25, -0.2) is 9.59 Å². The van der Waals surface area contributed by atoms with E-state index in [1.165, 1.54) is 6.08 Å². The maximum Gasteiger partial charge on any atom is 0.338 e. The Morgan fingerprint density at radius 1 is 1.00 bits per heavy atom. The van der Waals surface area contributed by atoms with Crippen LogP contribution in [-0.4, -0.2) is 18.5 Å². The van der Waals surface area contributed by atoms with E-state index in [-0.39, 0.29) is 5.97 Å². The molecule has 25 heavy (non-hydrogen) atoms. The second-order valence-electron chi connectivity index (χ2n) is 5.40. The van der Waals surface area contributed by atoms with Crippen LogP contribution in [0.15, 0.2) is 66.8 Å². The van der Waals surface area contributed by atoms with Crippen molar-refractivity contribution >= 4 is 18.0 Å². The number of ether oxygens (including phenoxy) is 2. The van der Waals surface area contributed by atoms with Gasteiger partial charge < -0.3 is 9.47 Å². The second kappa shape index (κ2) is 8.64. The highest BCUT2D eigenvalue weighted by Crippen LogP contribution is 2.23. The van der Waals surface area contributed by atoms with Gasteiger partial charge in [-0.15, -0.1) is 0 Å². The van der Waals surface area contributed by atoms with Gasteiger partial charge in [0.25, 0.3) is 0 Å². The lowest BCUT2D eigenvalue weighted by atomic mass is 10.0. The zero-order chi connectivity index (χ0) is 18.2. The third kappa shape index (κ3) is 5.46. The molecule has 2 aromatic rings. The third-order valence-corrected chi connectivity index (χ3v) is 3.36. The van der Waals surface area contributed by atoms with Crippen LogP contribution < -0.4 is 4.74 Å². The first-order chi connectivity index (χ1) is 12.0. The Morgan fingerprint density at radius 3 is 2.08 bits per heavy atom. The first-order valence-electron chi connectivity index (χ1n) is 7.92. The number of hydrogen-bond acceptors (Lipinski definition) is 4. The average Bonchev–Trinajstić information content (AvgIpc) is 2.61. The van der Waals surface area contributed by atoms with Crippen molar-refractivity contribution < 1.29 is 19.1 Å². The number of hydrogen-bond donors (Lipinski definition) is 0. The minimum absolute atomic E-state index is 0.355. The molecule has 0 saturated carbocycles. The standard InChI is InChI=1S/C21H20O4/c1-4-24-20(22)14-7-16-5-8-17(9-6-16)18-10-12-19(13-11-18)25-21(23)15(2)3/h5-14H,2,4H2,1,3H3/b14-7+. The zero-order valence-corrected chi connectivity index (χ0v) is 14.3. The molecule has 2 rings (SSSR count). The number of rotatable bonds is 6. The summed E-state index contributed by atoms with van der Waals surface area (Å²) in [4.78, 5) is 22.8. The highest BCUT2D eigenvalue weighted by molar-refractivity contribution is 5.89. The van der Waals surface area contributed by atoms with E-state index in [4.69, 9.17) is 9.47 Å². The van der Waals surface area contributed by atoms with Gasteiger partial charge >= 0.3 is 11.9 Å². The van der Waals surface area contributed by atoms with Crippen molar-refractivity contribution in [1.29, 1.82) is 0 Å². The maximum atomic E-state index is 11.5. The molecule has 0 amide bonds. The fraction of sp³-hybridized carbons (Fsp3) is 0.143. The van der Waals surface area contributed by atoms with Crippen LogP contribution in [0.3, 0.4) is 0 Å². The summed E-state index contributed by atoms with van der Waals surface area (Å²) in [5.41, 5.74) is 3.28. The summed E-state index contributed by atoms with van der Waals surface area (Å²) in [6.45, 7) is 7.29. The van der Waals surface area contributed by atoms with Crippen molar-refractivity contribution in [3.8, 4) is 16.9 Å². The molecule has 0 unspecified atom stereocenters. The second-order valence-corrected chi connectivity index (χ2v) is 5.40. The molecule has 0 aromatic heterocycles. The molecule has 0 aliphatic rings. The third-order valence-electron chi connectivity index (χ3n) is 3.36. The highest BCUT2D eigenvalue weighted by atomic mass is 16.5. The molecular formula is C21H20O4. The first-order valence-corrected chi connectivity index (χ1v) is 7.92. The smallest absolute Gasteiger partial charge is 0.338 e. The van der Waals surface area contributed by atoms with Crippen molar-refractivity contribution in [3.05, 3.63) is 72.3 Å². The Bertz CT molecular complexity index is 784. The lowest BCUT2D eigenvalue weighted by Crippen LogP contribution is -2.07. The quantitative estimate of drug-likeness (QED) is 0.445. The molecule has 0 radical (unpaired) electrons. The van der Waals surface area contributed by atoms with E-state index < -0.39 is 5.97 Å². The van der Waals surface area contributed by atoms with E-state index in [0.29, 0.717) is 17.9 Å². The fourth-order valence-corrected chi connectivity index (χ4v) is 2.05. The lowest BCUT2D eigenvalue weighted by Gasteiger charge is -2.06. The molecule has 2 aromatic carbocycles. The maximum absolute atomic E-state index is 11.5. The normalized spacial score (nSPS) is 10.5. The van der Waals surface area contributed by atoms with Gasteiger partial charge in [0.2, 0.25) is 0 Å².